The van der Waals surface area contributed by atoms with Crippen LogP contribution in [0.5, 0.6) is 5.75 Å². The number of carbonyl (C=O) groups excluding carboxylic acids is 1. The summed E-state index contributed by atoms with van der Waals surface area (Å²) < 4.78 is 0. The highest BCUT2D eigenvalue weighted by Crippen LogP contribution is 2.27. The molecule has 0 saturated carbocycles. The topological polar surface area (TPSA) is 47.0 Å². The lowest BCUT2D eigenvalue weighted by molar-refractivity contribution is -0.131. The van der Waals surface area contributed by atoms with Crippen LogP contribution in [0.25, 0.3) is 0 Å². The van der Waals surface area contributed by atoms with Gasteiger partial charge in [-0.25, -0.2) is 0 Å². The number of para-hydroxylation sites is 2. The summed E-state index contributed by atoms with van der Waals surface area (Å²) in [6.07, 6.45) is 0. The van der Waals surface area contributed by atoms with Crippen molar-refractivity contribution in [1.29, 1.82) is 0 Å². The summed E-state index contributed by atoms with van der Waals surface area (Å²) in [4.78, 5) is 19.7. The van der Waals surface area contributed by atoms with E-state index in [0.29, 0.717) is 18.8 Å². The summed E-state index contributed by atoms with van der Waals surface area (Å²) in [5, 5.41) is 12.0. The third-order valence-electron chi connectivity index (χ3n) is 4.35. The van der Waals surface area contributed by atoms with Crippen LogP contribution in [0.15, 0.2) is 41.8 Å². The van der Waals surface area contributed by atoms with Gasteiger partial charge < -0.3 is 14.9 Å². The zero-order valence-electron chi connectivity index (χ0n) is 13.9. The van der Waals surface area contributed by atoms with E-state index in [1.165, 1.54) is 4.88 Å². The van der Waals surface area contributed by atoms with Crippen LogP contribution in [0.3, 0.4) is 0 Å². The molecule has 0 aliphatic carbocycles. The lowest BCUT2D eigenvalue weighted by Gasteiger charge is -2.36. The molecule has 24 heavy (non-hydrogen) atoms. The maximum Gasteiger partial charge on any atom is 0.236 e. The summed E-state index contributed by atoms with van der Waals surface area (Å²) in [7, 11) is 1.86. The first-order chi connectivity index (χ1) is 11.6. The minimum Gasteiger partial charge on any atom is -0.506 e. The van der Waals surface area contributed by atoms with E-state index in [1.54, 1.807) is 22.3 Å². The van der Waals surface area contributed by atoms with Gasteiger partial charge in [-0.15, -0.1) is 11.3 Å². The van der Waals surface area contributed by atoms with E-state index in [0.717, 1.165) is 31.9 Å². The van der Waals surface area contributed by atoms with E-state index in [4.69, 9.17) is 0 Å². The summed E-state index contributed by atoms with van der Waals surface area (Å²) >= 11 is 1.68. The molecule has 1 fully saturated rings. The molecule has 2 heterocycles. The zero-order valence-corrected chi connectivity index (χ0v) is 14.7. The second-order valence-corrected chi connectivity index (χ2v) is 7.11. The number of phenols is 1. The molecule has 1 aromatic heterocycles. The Balaban J connectivity index is 1.48. The Kier molecular flexibility index (Phi) is 5.37. The van der Waals surface area contributed by atoms with Gasteiger partial charge in [-0.3, -0.25) is 9.69 Å². The number of hydrogen-bond donors (Lipinski definition) is 1. The molecule has 1 saturated heterocycles. The molecule has 1 amide bonds. The van der Waals surface area contributed by atoms with Crippen LogP contribution in [0, 0.1) is 0 Å². The Morgan fingerprint density at radius 2 is 1.92 bits per heavy atom. The van der Waals surface area contributed by atoms with Crippen LogP contribution in [0.4, 0.5) is 5.69 Å². The maximum atomic E-state index is 12.4. The minimum absolute atomic E-state index is 0.152. The molecule has 1 aliphatic heterocycles. The lowest BCUT2D eigenvalue weighted by atomic mass is 10.2. The molecule has 0 bridgehead atoms. The van der Waals surface area contributed by atoms with E-state index in [1.807, 2.05) is 36.7 Å². The molecular weight excluding hydrogens is 322 g/mol. The molecule has 6 heteroatoms. The van der Waals surface area contributed by atoms with Gasteiger partial charge >= 0.3 is 0 Å². The number of hydrogen-bond acceptors (Lipinski definition) is 5. The summed E-state index contributed by atoms with van der Waals surface area (Å²) in [6.45, 7) is 4.42. The molecule has 1 aromatic carbocycles. The number of nitrogens with zero attached hydrogens (tertiary/aromatic N) is 3. The van der Waals surface area contributed by atoms with Crippen molar-refractivity contribution in [2.45, 2.75) is 6.54 Å². The number of anilines is 1. The molecule has 128 valence electrons. The second kappa shape index (κ2) is 7.68. The van der Waals surface area contributed by atoms with E-state index >= 15 is 0 Å². The number of thiophene rings is 1. The first kappa shape index (κ1) is 16.8. The summed E-state index contributed by atoms with van der Waals surface area (Å²) in [5.41, 5.74) is 0.873. The summed E-state index contributed by atoms with van der Waals surface area (Å²) in [6, 6.07) is 11.5. The number of benzene rings is 1. The Morgan fingerprint density at radius 1 is 1.17 bits per heavy atom. The van der Waals surface area contributed by atoms with Gasteiger partial charge in [0.05, 0.1) is 18.8 Å². The molecule has 1 N–H and O–H groups in total. The van der Waals surface area contributed by atoms with Crippen molar-refractivity contribution >= 4 is 22.9 Å². The molecule has 1 aliphatic rings. The number of aromatic hydroxyl groups is 1. The average molecular weight is 345 g/mol. The third kappa shape index (κ3) is 4.07. The Labute approximate surface area is 146 Å². The van der Waals surface area contributed by atoms with E-state index in [-0.39, 0.29) is 5.91 Å². The van der Waals surface area contributed by atoms with Crippen molar-refractivity contribution in [3.05, 3.63) is 46.7 Å². The van der Waals surface area contributed by atoms with Crippen molar-refractivity contribution < 1.29 is 9.90 Å². The van der Waals surface area contributed by atoms with Gasteiger partial charge in [0.2, 0.25) is 5.91 Å². The molecule has 0 unspecified atom stereocenters. The molecule has 2 aromatic rings. The lowest BCUT2D eigenvalue weighted by Crippen LogP contribution is -2.49. The van der Waals surface area contributed by atoms with Crippen LogP contribution in [0.2, 0.25) is 0 Å². The van der Waals surface area contributed by atoms with Crippen molar-refractivity contribution in [3.63, 3.8) is 0 Å². The van der Waals surface area contributed by atoms with Crippen LogP contribution in [0.1, 0.15) is 4.88 Å². The van der Waals surface area contributed by atoms with Crippen molar-refractivity contribution in [1.82, 2.24) is 9.80 Å². The maximum absolute atomic E-state index is 12.4. The van der Waals surface area contributed by atoms with Gasteiger partial charge in [0.1, 0.15) is 5.75 Å². The van der Waals surface area contributed by atoms with E-state index < -0.39 is 0 Å². The monoisotopic (exact) mass is 345 g/mol. The number of piperazine rings is 1. The van der Waals surface area contributed by atoms with Gasteiger partial charge in [-0.05, 0) is 23.6 Å². The van der Waals surface area contributed by atoms with Gasteiger partial charge in [-0.1, -0.05) is 18.2 Å². The van der Waals surface area contributed by atoms with Crippen LogP contribution in [-0.2, 0) is 11.3 Å². The summed E-state index contributed by atoms with van der Waals surface area (Å²) in [5.74, 6) is 0.470. The highest BCUT2D eigenvalue weighted by Gasteiger charge is 2.22. The normalized spacial score (nSPS) is 15.5. The largest absolute Gasteiger partial charge is 0.506 e. The predicted octanol–water partition coefficient (Wildman–Crippen LogP) is 2.23. The van der Waals surface area contributed by atoms with Crippen molar-refractivity contribution in [2.24, 2.45) is 0 Å². The highest BCUT2D eigenvalue weighted by atomic mass is 32.1. The van der Waals surface area contributed by atoms with Gasteiger partial charge in [0.15, 0.2) is 0 Å². The minimum atomic E-state index is 0.152. The molecule has 5 nitrogen and oxygen atoms in total. The van der Waals surface area contributed by atoms with Crippen LogP contribution < -0.4 is 4.90 Å². The van der Waals surface area contributed by atoms with Crippen molar-refractivity contribution in [3.8, 4) is 5.75 Å². The fraction of sp³-hybridized carbons (Fsp3) is 0.389. The number of likely N-dealkylation sites (N-methyl/N-ethyl adjacent to an activating group) is 1. The zero-order chi connectivity index (χ0) is 16.9. The number of amides is 1. The Hall–Kier alpha value is -2.05. The smallest absolute Gasteiger partial charge is 0.236 e. The Morgan fingerprint density at radius 3 is 2.58 bits per heavy atom. The van der Waals surface area contributed by atoms with Gasteiger partial charge in [0.25, 0.3) is 0 Å². The first-order valence-electron chi connectivity index (χ1n) is 8.15. The number of rotatable bonds is 5. The molecule has 0 atom stereocenters. The molecule has 0 radical (unpaired) electrons. The predicted molar refractivity (Wildman–Crippen MR) is 97.6 cm³/mol. The van der Waals surface area contributed by atoms with E-state index in [9.17, 15) is 9.90 Å². The van der Waals surface area contributed by atoms with Crippen LogP contribution in [-0.4, -0.2) is 60.6 Å². The van der Waals surface area contributed by atoms with E-state index in [2.05, 4.69) is 15.9 Å². The van der Waals surface area contributed by atoms with Crippen molar-refractivity contribution in [2.75, 3.05) is 44.7 Å². The number of phenolic OH excluding ortho intramolecular Hbond substituents is 1. The number of carbonyl (C=O) groups is 1. The highest BCUT2D eigenvalue weighted by molar-refractivity contribution is 7.09. The molecule has 3 rings (SSSR count). The van der Waals surface area contributed by atoms with Crippen LogP contribution >= 0.6 is 11.3 Å². The fourth-order valence-corrected chi connectivity index (χ4v) is 3.67. The molecule has 0 spiro atoms. The SMILES string of the molecule is CN(Cc1cccs1)C(=O)CN1CCN(c2ccccc2O)CC1. The van der Waals surface area contributed by atoms with Gasteiger partial charge in [-0.2, -0.15) is 0 Å². The van der Waals surface area contributed by atoms with Gasteiger partial charge in [0, 0.05) is 38.1 Å². The third-order valence-corrected chi connectivity index (χ3v) is 5.21. The average Bonchev–Trinajstić information content (AvgIpc) is 3.09. The quantitative estimate of drug-likeness (QED) is 0.903. The Bertz CT molecular complexity index is 667. The second-order valence-electron chi connectivity index (χ2n) is 6.08. The first-order valence-corrected chi connectivity index (χ1v) is 9.03. The standard InChI is InChI=1S/C18H23N3O2S/c1-19(13-15-5-4-12-24-15)18(23)14-20-8-10-21(11-9-20)16-6-2-3-7-17(16)22/h2-7,12,22H,8-11,13-14H2,1H3. The fourth-order valence-electron chi connectivity index (χ4n) is 2.91. The molecular formula is C18H23N3O2S.